The molecule has 2 atom stereocenters. The van der Waals surface area contributed by atoms with Crippen LogP contribution in [0.5, 0.6) is 0 Å². The summed E-state index contributed by atoms with van der Waals surface area (Å²) in [6.45, 7) is 2.95. The van der Waals surface area contributed by atoms with Gasteiger partial charge in [-0.2, -0.15) is 13.2 Å². The second-order valence-corrected chi connectivity index (χ2v) is 6.84. The molecule has 1 fully saturated rings. The first-order valence-corrected chi connectivity index (χ1v) is 8.30. The van der Waals surface area contributed by atoms with Crippen LogP contribution in [0.2, 0.25) is 0 Å². The Balaban J connectivity index is 1.75. The first-order chi connectivity index (χ1) is 11.8. The van der Waals surface area contributed by atoms with Gasteiger partial charge in [0.1, 0.15) is 5.82 Å². The highest BCUT2D eigenvalue weighted by molar-refractivity contribution is 5.41. The van der Waals surface area contributed by atoms with Crippen LogP contribution in [0, 0.1) is 5.92 Å². The van der Waals surface area contributed by atoms with Crippen molar-refractivity contribution in [2.75, 3.05) is 18.0 Å². The summed E-state index contributed by atoms with van der Waals surface area (Å²) in [7, 11) is 0. The van der Waals surface area contributed by atoms with Gasteiger partial charge in [0.05, 0.1) is 11.2 Å². The number of benzene rings is 1. The maximum absolute atomic E-state index is 12.7. The lowest BCUT2D eigenvalue weighted by molar-refractivity contribution is -0.137. The summed E-state index contributed by atoms with van der Waals surface area (Å²) in [5, 5.41) is 10.7. The van der Waals surface area contributed by atoms with Crippen LogP contribution in [0.25, 0.3) is 0 Å². The monoisotopic (exact) mass is 350 g/mol. The van der Waals surface area contributed by atoms with E-state index in [-0.39, 0.29) is 5.92 Å². The molecule has 0 amide bonds. The van der Waals surface area contributed by atoms with Crippen LogP contribution in [0.15, 0.2) is 48.7 Å². The largest absolute Gasteiger partial charge is 0.417 e. The van der Waals surface area contributed by atoms with Crippen LogP contribution in [-0.4, -0.2) is 28.8 Å². The second-order valence-electron chi connectivity index (χ2n) is 6.84. The first-order valence-electron chi connectivity index (χ1n) is 8.30. The molecule has 0 unspecified atom stereocenters. The Morgan fingerprint density at radius 1 is 1.20 bits per heavy atom. The minimum absolute atomic E-state index is 0.0206. The maximum atomic E-state index is 12.7. The average Bonchev–Trinajstić information content (AvgIpc) is 2.57. The molecule has 1 saturated heterocycles. The number of hydrogen-bond acceptors (Lipinski definition) is 3. The molecule has 25 heavy (non-hydrogen) atoms. The van der Waals surface area contributed by atoms with E-state index in [1.54, 1.807) is 0 Å². The van der Waals surface area contributed by atoms with E-state index in [1.807, 2.05) is 42.2 Å². The lowest BCUT2D eigenvalue weighted by Gasteiger charge is -2.43. The standard InChI is InChI=1S/C19H21F3N2O/c1-18(25)9-10-24(13-16(18)11-14-5-3-2-4-6-14)17-8-7-15(12-23-17)19(20,21)22/h2-8,12,16,25H,9-11,13H2,1H3/t16-,18+/m0/s1. The average molecular weight is 350 g/mol. The van der Waals surface area contributed by atoms with E-state index < -0.39 is 17.3 Å². The SMILES string of the molecule is C[C@@]1(O)CCN(c2ccc(C(F)(F)F)cn2)C[C@@H]1Cc1ccccc1. The van der Waals surface area contributed by atoms with Crippen LogP contribution < -0.4 is 4.90 Å². The smallest absolute Gasteiger partial charge is 0.390 e. The van der Waals surface area contributed by atoms with E-state index >= 15 is 0 Å². The van der Waals surface area contributed by atoms with Gasteiger partial charge in [-0.1, -0.05) is 30.3 Å². The highest BCUT2D eigenvalue weighted by Crippen LogP contribution is 2.34. The molecule has 6 heteroatoms. The van der Waals surface area contributed by atoms with E-state index in [0.29, 0.717) is 31.7 Å². The summed E-state index contributed by atoms with van der Waals surface area (Å²) in [6.07, 6.45) is -2.25. The molecule has 2 aromatic rings. The van der Waals surface area contributed by atoms with Crippen LogP contribution in [0.3, 0.4) is 0 Å². The van der Waals surface area contributed by atoms with Crippen molar-refractivity contribution in [1.82, 2.24) is 4.98 Å². The van der Waals surface area contributed by atoms with Crippen molar-refractivity contribution >= 4 is 5.82 Å². The normalized spacial score (nSPS) is 24.4. The van der Waals surface area contributed by atoms with Crippen LogP contribution in [-0.2, 0) is 12.6 Å². The summed E-state index contributed by atoms with van der Waals surface area (Å²) in [5.41, 5.74) is -0.422. The number of hydrogen-bond donors (Lipinski definition) is 1. The van der Waals surface area contributed by atoms with Crippen LogP contribution in [0.4, 0.5) is 19.0 Å². The maximum Gasteiger partial charge on any atom is 0.417 e. The zero-order valence-electron chi connectivity index (χ0n) is 14.0. The molecule has 1 aromatic carbocycles. The highest BCUT2D eigenvalue weighted by atomic mass is 19.4. The molecule has 0 spiro atoms. The number of anilines is 1. The molecule has 1 N–H and O–H groups in total. The van der Waals surface area contributed by atoms with Crippen LogP contribution >= 0.6 is 0 Å². The van der Waals surface area contributed by atoms with Gasteiger partial charge in [0.2, 0.25) is 0 Å². The Morgan fingerprint density at radius 3 is 2.52 bits per heavy atom. The molecule has 0 bridgehead atoms. The van der Waals surface area contributed by atoms with Crippen molar-refractivity contribution in [3.8, 4) is 0 Å². The second kappa shape index (κ2) is 6.67. The van der Waals surface area contributed by atoms with Crippen molar-refractivity contribution in [2.45, 2.75) is 31.5 Å². The fraction of sp³-hybridized carbons (Fsp3) is 0.421. The van der Waals surface area contributed by atoms with E-state index in [2.05, 4.69) is 4.98 Å². The number of aromatic nitrogens is 1. The number of halogens is 3. The first kappa shape index (κ1) is 17.7. The van der Waals surface area contributed by atoms with Crippen molar-refractivity contribution in [3.05, 3.63) is 59.8 Å². The molecule has 3 nitrogen and oxygen atoms in total. The van der Waals surface area contributed by atoms with Crippen molar-refractivity contribution in [3.63, 3.8) is 0 Å². The Morgan fingerprint density at radius 2 is 1.92 bits per heavy atom. The Bertz CT molecular complexity index is 699. The molecule has 0 radical (unpaired) electrons. The predicted molar refractivity (Wildman–Crippen MR) is 90.3 cm³/mol. The van der Waals surface area contributed by atoms with E-state index in [4.69, 9.17) is 0 Å². The summed E-state index contributed by atoms with van der Waals surface area (Å²) in [4.78, 5) is 5.93. The van der Waals surface area contributed by atoms with Gasteiger partial charge in [0, 0.05) is 25.2 Å². The van der Waals surface area contributed by atoms with E-state index in [0.717, 1.165) is 17.8 Å². The molecule has 1 aliphatic heterocycles. The lowest BCUT2D eigenvalue weighted by atomic mass is 9.79. The molecule has 1 aromatic heterocycles. The number of piperidine rings is 1. The molecule has 0 saturated carbocycles. The number of nitrogens with zero attached hydrogens (tertiary/aromatic N) is 2. The highest BCUT2D eigenvalue weighted by Gasteiger charge is 2.38. The number of rotatable bonds is 3. The Kier molecular flexibility index (Phi) is 4.73. The quantitative estimate of drug-likeness (QED) is 0.911. The van der Waals surface area contributed by atoms with Gasteiger partial charge in [-0.15, -0.1) is 0 Å². The molecular formula is C19H21F3N2O. The minimum Gasteiger partial charge on any atom is -0.390 e. The van der Waals surface area contributed by atoms with Gasteiger partial charge in [0.15, 0.2) is 0 Å². The number of aliphatic hydroxyl groups is 1. The third-order valence-electron chi connectivity index (χ3n) is 4.93. The summed E-state index contributed by atoms with van der Waals surface area (Å²) in [5.74, 6) is 0.495. The molecule has 0 aliphatic carbocycles. The fourth-order valence-electron chi connectivity index (χ4n) is 3.25. The Labute approximate surface area is 145 Å². The van der Waals surface area contributed by atoms with Gasteiger partial charge in [-0.05, 0) is 37.5 Å². The fourth-order valence-corrected chi connectivity index (χ4v) is 3.25. The van der Waals surface area contributed by atoms with E-state index in [1.165, 1.54) is 6.07 Å². The van der Waals surface area contributed by atoms with Crippen LogP contribution in [0.1, 0.15) is 24.5 Å². The molecule has 2 heterocycles. The zero-order chi connectivity index (χ0) is 18.1. The van der Waals surface area contributed by atoms with Gasteiger partial charge < -0.3 is 10.0 Å². The van der Waals surface area contributed by atoms with Crippen molar-refractivity contribution < 1.29 is 18.3 Å². The summed E-state index contributed by atoms with van der Waals surface area (Å²) >= 11 is 0. The zero-order valence-corrected chi connectivity index (χ0v) is 14.0. The molecule has 134 valence electrons. The van der Waals surface area contributed by atoms with Gasteiger partial charge in [-0.25, -0.2) is 4.98 Å². The minimum atomic E-state index is -4.38. The summed E-state index contributed by atoms with van der Waals surface area (Å²) in [6, 6.07) is 12.4. The van der Waals surface area contributed by atoms with E-state index in [9.17, 15) is 18.3 Å². The number of pyridine rings is 1. The third-order valence-corrected chi connectivity index (χ3v) is 4.93. The van der Waals surface area contributed by atoms with Crippen molar-refractivity contribution in [1.29, 1.82) is 0 Å². The van der Waals surface area contributed by atoms with Crippen molar-refractivity contribution in [2.24, 2.45) is 5.92 Å². The Hall–Kier alpha value is -2.08. The third kappa shape index (κ3) is 4.12. The molecule has 3 rings (SSSR count). The van der Waals surface area contributed by atoms with Gasteiger partial charge in [0.25, 0.3) is 0 Å². The predicted octanol–water partition coefficient (Wildman–Crippen LogP) is 3.92. The molecular weight excluding hydrogens is 329 g/mol. The lowest BCUT2D eigenvalue weighted by Crippen LogP contribution is -2.51. The molecule has 1 aliphatic rings. The van der Waals surface area contributed by atoms with Gasteiger partial charge >= 0.3 is 6.18 Å². The number of alkyl halides is 3. The summed E-state index contributed by atoms with van der Waals surface area (Å²) < 4.78 is 38.0. The van der Waals surface area contributed by atoms with Gasteiger partial charge in [-0.3, -0.25) is 0 Å². The topological polar surface area (TPSA) is 36.4 Å².